The Hall–Kier alpha value is -2.18. The fourth-order valence-corrected chi connectivity index (χ4v) is 4.23. The van der Waals surface area contributed by atoms with Crippen LogP contribution in [0.4, 0.5) is 0 Å². The molecule has 0 saturated heterocycles. The lowest BCUT2D eigenvalue weighted by molar-refractivity contribution is -0.139. The molecule has 0 heterocycles. The third-order valence-electron chi connectivity index (χ3n) is 4.28. The predicted octanol–water partition coefficient (Wildman–Crippen LogP) is 2.67. The van der Waals surface area contributed by atoms with Crippen molar-refractivity contribution in [3.8, 4) is 0 Å². The third-order valence-corrected chi connectivity index (χ3v) is 5.70. The maximum atomic E-state index is 12.6. The molecule has 2 N–H and O–H groups in total. The van der Waals surface area contributed by atoms with Crippen LogP contribution in [0.1, 0.15) is 35.6 Å². The van der Waals surface area contributed by atoms with E-state index in [0.29, 0.717) is 5.56 Å². The van der Waals surface area contributed by atoms with Gasteiger partial charge in [-0.15, -0.1) is 0 Å². The minimum absolute atomic E-state index is 0.116. The van der Waals surface area contributed by atoms with E-state index in [1.54, 1.807) is 42.5 Å². The first-order valence-electron chi connectivity index (χ1n) is 7.89. The number of benzene rings is 2. The fraction of sp³-hybridized carbons (Fsp3) is 0.278. The first-order valence-corrected chi connectivity index (χ1v) is 9.37. The number of aryl methyl sites for hydroxylation is 2. The monoisotopic (exact) mass is 345 g/mol. The Morgan fingerprint density at radius 2 is 1.67 bits per heavy atom. The molecule has 0 amide bonds. The summed E-state index contributed by atoms with van der Waals surface area (Å²) in [4.78, 5) is 11.6. The molecule has 1 aliphatic carbocycles. The van der Waals surface area contributed by atoms with Gasteiger partial charge in [-0.05, 0) is 54.5 Å². The van der Waals surface area contributed by atoms with Gasteiger partial charge in [0, 0.05) is 0 Å². The van der Waals surface area contributed by atoms with Gasteiger partial charge in [0.1, 0.15) is 6.04 Å². The lowest BCUT2D eigenvalue weighted by atomic mass is 9.92. The highest BCUT2D eigenvalue weighted by molar-refractivity contribution is 7.89. The molecule has 0 fully saturated rings. The highest BCUT2D eigenvalue weighted by Gasteiger charge is 2.27. The lowest BCUT2D eigenvalue weighted by Crippen LogP contribution is -2.33. The summed E-state index contributed by atoms with van der Waals surface area (Å²) in [5.74, 6) is -1.23. The van der Waals surface area contributed by atoms with Crippen LogP contribution in [-0.4, -0.2) is 19.5 Å². The second-order valence-corrected chi connectivity index (χ2v) is 7.65. The van der Waals surface area contributed by atoms with E-state index in [4.69, 9.17) is 0 Å². The number of carbonyl (C=O) groups is 1. The third kappa shape index (κ3) is 3.49. The number of rotatable bonds is 5. The van der Waals surface area contributed by atoms with Crippen molar-refractivity contribution in [2.45, 2.75) is 36.6 Å². The number of hydrogen-bond acceptors (Lipinski definition) is 3. The van der Waals surface area contributed by atoms with Crippen molar-refractivity contribution in [3.63, 3.8) is 0 Å². The quantitative estimate of drug-likeness (QED) is 0.873. The average Bonchev–Trinajstić information content (AvgIpc) is 2.60. The summed E-state index contributed by atoms with van der Waals surface area (Å²) in [6.45, 7) is 0. The molecule has 0 unspecified atom stereocenters. The summed E-state index contributed by atoms with van der Waals surface area (Å²) in [6.07, 6.45) is 3.99. The second-order valence-electron chi connectivity index (χ2n) is 5.94. The average molecular weight is 345 g/mol. The zero-order chi connectivity index (χ0) is 17.2. The molecule has 2 aromatic carbocycles. The Morgan fingerprint density at radius 3 is 2.33 bits per heavy atom. The van der Waals surface area contributed by atoms with Gasteiger partial charge in [0.2, 0.25) is 10.0 Å². The highest BCUT2D eigenvalue weighted by Crippen LogP contribution is 2.25. The van der Waals surface area contributed by atoms with Crippen molar-refractivity contribution >= 4 is 16.0 Å². The molecule has 2 aromatic rings. The van der Waals surface area contributed by atoms with Gasteiger partial charge in [-0.3, -0.25) is 4.79 Å². The Labute approximate surface area is 141 Å². The fourth-order valence-electron chi connectivity index (χ4n) is 3.01. The van der Waals surface area contributed by atoms with Gasteiger partial charge in [-0.25, -0.2) is 8.42 Å². The van der Waals surface area contributed by atoms with Gasteiger partial charge in [0.25, 0.3) is 0 Å². The topological polar surface area (TPSA) is 83.5 Å². The van der Waals surface area contributed by atoms with Crippen LogP contribution in [0.15, 0.2) is 53.4 Å². The Balaban J connectivity index is 1.91. The van der Waals surface area contributed by atoms with Crippen LogP contribution in [0.2, 0.25) is 0 Å². The number of carboxylic acid groups (broad SMARTS) is 1. The molecule has 126 valence electrons. The molecule has 0 radical (unpaired) electrons. The first-order chi connectivity index (χ1) is 11.5. The van der Waals surface area contributed by atoms with E-state index in [0.717, 1.165) is 31.2 Å². The highest BCUT2D eigenvalue weighted by atomic mass is 32.2. The number of hydrogen-bond donors (Lipinski definition) is 2. The number of nitrogens with one attached hydrogen (secondary N) is 1. The molecule has 5 nitrogen and oxygen atoms in total. The standard InChI is InChI=1S/C18H19NO4S/c20-18(21)17(14-7-2-1-3-8-14)19-24(22,23)16-11-10-13-6-4-5-9-15(13)12-16/h1-3,7-8,10-12,17,19H,4-6,9H2,(H,20,21)/t17-/m1/s1. The molecule has 0 saturated carbocycles. The van der Waals surface area contributed by atoms with Gasteiger partial charge in [-0.1, -0.05) is 36.4 Å². The van der Waals surface area contributed by atoms with E-state index in [-0.39, 0.29) is 4.90 Å². The molecule has 1 aliphatic rings. The minimum atomic E-state index is -3.92. The van der Waals surface area contributed by atoms with Crippen LogP contribution >= 0.6 is 0 Å². The summed E-state index contributed by atoms with van der Waals surface area (Å²) < 4.78 is 27.6. The maximum Gasteiger partial charge on any atom is 0.326 e. The molecule has 0 spiro atoms. The second kappa shape index (κ2) is 6.75. The van der Waals surface area contributed by atoms with Crippen LogP contribution < -0.4 is 4.72 Å². The van der Waals surface area contributed by atoms with Crippen LogP contribution in [0.3, 0.4) is 0 Å². The molecule has 0 bridgehead atoms. The molecule has 0 aromatic heterocycles. The molecular weight excluding hydrogens is 326 g/mol. The van der Waals surface area contributed by atoms with Crippen molar-refractivity contribution in [3.05, 3.63) is 65.2 Å². The van der Waals surface area contributed by atoms with Gasteiger partial charge < -0.3 is 5.11 Å². The smallest absolute Gasteiger partial charge is 0.326 e. The Kier molecular flexibility index (Phi) is 4.69. The number of sulfonamides is 1. The van der Waals surface area contributed by atoms with E-state index >= 15 is 0 Å². The minimum Gasteiger partial charge on any atom is -0.480 e. The molecular formula is C18H19NO4S. The SMILES string of the molecule is O=C(O)[C@H](NS(=O)(=O)c1ccc2c(c1)CCCC2)c1ccccc1. The Morgan fingerprint density at radius 1 is 1.00 bits per heavy atom. The number of carboxylic acids is 1. The van der Waals surface area contributed by atoms with E-state index in [2.05, 4.69) is 4.72 Å². The maximum absolute atomic E-state index is 12.6. The van der Waals surface area contributed by atoms with E-state index in [1.165, 1.54) is 5.56 Å². The van der Waals surface area contributed by atoms with Crippen LogP contribution in [0.5, 0.6) is 0 Å². The van der Waals surface area contributed by atoms with Crippen molar-refractivity contribution in [1.29, 1.82) is 0 Å². The van der Waals surface area contributed by atoms with Crippen LogP contribution in [0, 0.1) is 0 Å². The van der Waals surface area contributed by atoms with Crippen LogP contribution in [0.25, 0.3) is 0 Å². The van der Waals surface area contributed by atoms with Crippen molar-refractivity contribution < 1.29 is 18.3 Å². The summed E-state index contributed by atoms with van der Waals surface area (Å²) in [5.41, 5.74) is 2.61. The molecule has 24 heavy (non-hydrogen) atoms. The molecule has 0 aliphatic heterocycles. The lowest BCUT2D eigenvalue weighted by Gasteiger charge is -2.18. The van der Waals surface area contributed by atoms with Crippen molar-refractivity contribution in [2.75, 3.05) is 0 Å². The summed E-state index contributed by atoms with van der Waals surface area (Å²) in [6, 6.07) is 12.0. The summed E-state index contributed by atoms with van der Waals surface area (Å²) >= 11 is 0. The zero-order valence-corrected chi connectivity index (χ0v) is 13.9. The number of aliphatic carboxylic acids is 1. The Bertz CT molecular complexity index is 847. The van der Waals surface area contributed by atoms with Gasteiger partial charge in [0.05, 0.1) is 4.90 Å². The van der Waals surface area contributed by atoms with Gasteiger partial charge >= 0.3 is 5.97 Å². The molecule has 3 rings (SSSR count). The summed E-state index contributed by atoms with van der Waals surface area (Å²) in [7, 11) is -3.92. The van der Waals surface area contributed by atoms with Crippen LogP contribution in [-0.2, 0) is 27.7 Å². The molecule has 6 heteroatoms. The van der Waals surface area contributed by atoms with Crippen molar-refractivity contribution in [2.24, 2.45) is 0 Å². The molecule has 1 atom stereocenters. The van der Waals surface area contributed by atoms with E-state index < -0.39 is 22.0 Å². The predicted molar refractivity (Wildman–Crippen MR) is 90.2 cm³/mol. The number of fused-ring (bicyclic) bond motifs is 1. The largest absolute Gasteiger partial charge is 0.480 e. The normalized spacial score (nSPS) is 15.5. The van der Waals surface area contributed by atoms with Crippen molar-refractivity contribution in [1.82, 2.24) is 4.72 Å². The van der Waals surface area contributed by atoms with E-state index in [1.807, 2.05) is 6.07 Å². The summed E-state index contributed by atoms with van der Waals surface area (Å²) in [5, 5.41) is 9.40. The van der Waals surface area contributed by atoms with Gasteiger partial charge in [-0.2, -0.15) is 4.72 Å². The zero-order valence-electron chi connectivity index (χ0n) is 13.1. The van der Waals surface area contributed by atoms with E-state index in [9.17, 15) is 18.3 Å². The van der Waals surface area contributed by atoms with Gasteiger partial charge in [0.15, 0.2) is 0 Å². The first kappa shape index (κ1) is 16.7.